The maximum atomic E-state index is 9.19. The Bertz CT molecular complexity index is 196. The van der Waals surface area contributed by atoms with Gasteiger partial charge in [0.05, 0.1) is 0 Å². The second-order valence-corrected chi connectivity index (χ2v) is 6.11. The molecule has 3 heteroatoms. The quantitative estimate of drug-likeness (QED) is 0.748. The van der Waals surface area contributed by atoms with Crippen molar-refractivity contribution in [3.63, 3.8) is 0 Å². The highest BCUT2D eigenvalue weighted by molar-refractivity contribution is 4.81. The zero-order chi connectivity index (χ0) is 12.2. The molecule has 1 saturated heterocycles. The van der Waals surface area contributed by atoms with Crippen molar-refractivity contribution in [2.24, 2.45) is 5.41 Å². The fourth-order valence-electron chi connectivity index (χ4n) is 2.10. The molecule has 1 rings (SSSR count). The van der Waals surface area contributed by atoms with Gasteiger partial charge in [-0.05, 0) is 39.8 Å². The number of hydrogen-bond donors (Lipinski definition) is 2. The molecule has 0 aromatic carbocycles. The number of nitrogens with one attached hydrogen (secondary N) is 1. The van der Waals surface area contributed by atoms with Crippen LogP contribution in [0.25, 0.3) is 0 Å². The van der Waals surface area contributed by atoms with E-state index in [0.717, 1.165) is 6.54 Å². The minimum atomic E-state index is 0.00911. The first kappa shape index (κ1) is 13.9. The SMILES string of the molecule is CC(C)N1CCC(NCC(C)(C)CO)CC1. The molecule has 0 spiro atoms. The molecular weight excluding hydrogens is 200 g/mol. The van der Waals surface area contributed by atoms with Gasteiger partial charge in [0.15, 0.2) is 0 Å². The predicted molar refractivity (Wildman–Crippen MR) is 68.6 cm³/mol. The molecule has 2 N–H and O–H groups in total. The number of nitrogens with zero attached hydrogens (tertiary/aromatic N) is 1. The second-order valence-electron chi connectivity index (χ2n) is 6.11. The maximum Gasteiger partial charge on any atom is 0.0494 e. The smallest absolute Gasteiger partial charge is 0.0494 e. The van der Waals surface area contributed by atoms with E-state index in [1.807, 2.05) is 0 Å². The van der Waals surface area contributed by atoms with E-state index in [2.05, 4.69) is 37.9 Å². The zero-order valence-electron chi connectivity index (χ0n) is 11.3. The highest BCUT2D eigenvalue weighted by Gasteiger charge is 2.23. The van der Waals surface area contributed by atoms with Gasteiger partial charge < -0.3 is 15.3 Å². The summed E-state index contributed by atoms with van der Waals surface area (Å²) in [4.78, 5) is 2.54. The van der Waals surface area contributed by atoms with Crippen molar-refractivity contribution in [3.8, 4) is 0 Å². The third kappa shape index (κ3) is 4.40. The van der Waals surface area contributed by atoms with Gasteiger partial charge >= 0.3 is 0 Å². The van der Waals surface area contributed by atoms with Gasteiger partial charge in [-0.3, -0.25) is 0 Å². The van der Waals surface area contributed by atoms with Crippen molar-refractivity contribution in [3.05, 3.63) is 0 Å². The van der Waals surface area contributed by atoms with Crippen molar-refractivity contribution in [1.29, 1.82) is 0 Å². The van der Waals surface area contributed by atoms with Gasteiger partial charge in [-0.1, -0.05) is 13.8 Å². The van der Waals surface area contributed by atoms with Crippen LogP contribution in [0.3, 0.4) is 0 Å². The average molecular weight is 228 g/mol. The van der Waals surface area contributed by atoms with E-state index in [0.29, 0.717) is 12.1 Å². The molecule has 3 nitrogen and oxygen atoms in total. The zero-order valence-corrected chi connectivity index (χ0v) is 11.3. The molecule has 1 heterocycles. The highest BCUT2D eigenvalue weighted by Crippen LogP contribution is 2.16. The molecule has 0 saturated carbocycles. The molecule has 0 aromatic heterocycles. The van der Waals surface area contributed by atoms with Gasteiger partial charge in [0.2, 0.25) is 0 Å². The Morgan fingerprint density at radius 1 is 1.31 bits per heavy atom. The number of likely N-dealkylation sites (tertiary alicyclic amines) is 1. The minimum absolute atomic E-state index is 0.00911. The Morgan fingerprint density at radius 3 is 2.31 bits per heavy atom. The van der Waals surface area contributed by atoms with E-state index in [4.69, 9.17) is 0 Å². The van der Waals surface area contributed by atoms with Gasteiger partial charge in [-0.25, -0.2) is 0 Å². The van der Waals surface area contributed by atoms with Crippen LogP contribution in [0.15, 0.2) is 0 Å². The number of aliphatic hydroxyl groups excluding tert-OH is 1. The summed E-state index contributed by atoms with van der Waals surface area (Å²) in [6, 6.07) is 1.32. The summed E-state index contributed by atoms with van der Waals surface area (Å²) in [5.74, 6) is 0. The van der Waals surface area contributed by atoms with Crippen LogP contribution in [0.1, 0.15) is 40.5 Å². The third-order valence-corrected chi connectivity index (χ3v) is 3.56. The summed E-state index contributed by atoms with van der Waals surface area (Å²) < 4.78 is 0. The highest BCUT2D eigenvalue weighted by atomic mass is 16.3. The molecule has 16 heavy (non-hydrogen) atoms. The summed E-state index contributed by atoms with van der Waals surface area (Å²) in [7, 11) is 0. The van der Waals surface area contributed by atoms with Crippen molar-refractivity contribution >= 4 is 0 Å². The Hall–Kier alpha value is -0.120. The lowest BCUT2D eigenvalue weighted by Crippen LogP contribution is -2.47. The van der Waals surface area contributed by atoms with E-state index in [-0.39, 0.29) is 12.0 Å². The second kappa shape index (κ2) is 5.99. The lowest BCUT2D eigenvalue weighted by molar-refractivity contribution is 0.131. The molecule has 0 unspecified atom stereocenters. The monoisotopic (exact) mass is 228 g/mol. The summed E-state index contributed by atoms with van der Waals surface area (Å²) in [5.41, 5.74) is 0.00911. The van der Waals surface area contributed by atoms with Gasteiger partial charge in [-0.2, -0.15) is 0 Å². The molecule has 0 amide bonds. The molecule has 1 aliphatic rings. The first-order chi connectivity index (χ1) is 7.44. The fourth-order valence-corrected chi connectivity index (χ4v) is 2.10. The first-order valence-electron chi connectivity index (χ1n) is 6.53. The van der Waals surface area contributed by atoms with Crippen LogP contribution >= 0.6 is 0 Å². The standard InChI is InChI=1S/C13H28N2O/c1-11(2)15-7-5-12(6-8-15)14-9-13(3,4)10-16/h11-12,14,16H,5-10H2,1-4H3. The number of hydrogen-bond acceptors (Lipinski definition) is 3. The molecule has 0 bridgehead atoms. The van der Waals surface area contributed by atoms with Crippen LogP contribution in [0, 0.1) is 5.41 Å². The van der Waals surface area contributed by atoms with E-state index in [1.54, 1.807) is 0 Å². The summed E-state index contributed by atoms with van der Waals surface area (Å²) >= 11 is 0. The molecule has 1 aliphatic heterocycles. The number of rotatable bonds is 5. The van der Waals surface area contributed by atoms with Crippen molar-refractivity contribution in [2.45, 2.75) is 52.6 Å². The van der Waals surface area contributed by atoms with Crippen LogP contribution in [0.5, 0.6) is 0 Å². The van der Waals surface area contributed by atoms with Crippen molar-refractivity contribution < 1.29 is 5.11 Å². The van der Waals surface area contributed by atoms with Crippen molar-refractivity contribution in [2.75, 3.05) is 26.2 Å². The van der Waals surface area contributed by atoms with Crippen LogP contribution in [0.2, 0.25) is 0 Å². The predicted octanol–water partition coefficient (Wildman–Crippen LogP) is 1.47. The fraction of sp³-hybridized carbons (Fsp3) is 1.00. The lowest BCUT2D eigenvalue weighted by Gasteiger charge is -2.36. The molecular formula is C13H28N2O. The number of aliphatic hydroxyl groups is 1. The molecule has 1 fully saturated rings. The summed E-state index contributed by atoms with van der Waals surface area (Å²) in [6.07, 6.45) is 2.47. The normalized spacial score (nSPS) is 20.6. The van der Waals surface area contributed by atoms with Crippen LogP contribution in [-0.2, 0) is 0 Å². The minimum Gasteiger partial charge on any atom is -0.396 e. The van der Waals surface area contributed by atoms with Gasteiger partial charge in [0, 0.05) is 30.7 Å². The first-order valence-corrected chi connectivity index (χ1v) is 6.53. The van der Waals surface area contributed by atoms with Gasteiger partial charge in [0.1, 0.15) is 0 Å². The Morgan fingerprint density at radius 2 is 1.88 bits per heavy atom. The summed E-state index contributed by atoms with van der Waals surface area (Å²) in [5, 5.41) is 12.8. The summed E-state index contributed by atoms with van der Waals surface area (Å²) in [6.45, 7) is 12.3. The van der Waals surface area contributed by atoms with Crippen LogP contribution < -0.4 is 5.32 Å². The van der Waals surface area contributed by atoms with Crippen LogP contribution in [-0.4, -0.2) is 48.3 Å². The van der Waals surface area contributed by atoms with E-state index in [9.17, 15) is 5.11 Å². The molecule has 0 aliphatic carbocycles. The lowest BCUT2D eigenvalue weighted by atomic mass is 9.93. The van der Waals surface area contributed by atoms with Crippen molar-refractivity contribution in [1.82, 2.24) is 10.2 Å². The van der Waals surface area contributed by atoms with Gasteiger partial charge in [-0.15, -0.1) is 0 Å². The molecule has 0 radical (unpaired) electrons. The molecule has 96 valence electrons. The van der Waals surface area contributed by atoms with Crippen LogP contribution in [0.4, 0.5) is 0 Å². The topological polar surface area (TPSA) is 35.5 Å². The average Bonchev–Trinajstić information content (AvgIpc) is 2.27. The Balaban J connectivity index is 2.22. The van der Waals surface area contributed by atoms with E-state index >= 15 is 0 Å². The Kier molecular flexibility index (Phi) is 5.22. The van der Waals surface area contributed by atoms with Gasteiger partial charge in [0.25, 0.3) is 0 Å². The Labute approximate surface area is 100 Å². The third-order valence-electron chi connectivity index (χ3n) is 3.56. The largest absolute Gasteiger partial charge is 0.396 e. The van der Waals surface area contributed by atoms with E-state index in [1.165, 1.54) is 25.9 Å². The molecule has 0 aromatic rings. The van der Waals surface area contributed by atoms with E-state index < -0.39 is 0 Å². The molecule has 0 atom stereocenters. The number of piperidine rings is 1. The maximum absolute atomic E-state index is 9.19.